The maximum Gasteiger partial charge on any atom is 0.285 e. The summed E-state index contributed by atoms with van der Waals surface area (Å²) >= 11 is 11.7. The number of H-pyrrole nitrogens is 1. The van der Waals surface area contributed by atoms with Gasteiger partial charge in [0, 0.05) is 24.7 Å². The molecule has 6 nitrogen and oxygen atoms in total. The lowest BCUT2D eigenvalue weighted by atomic mass is 9.95. The molecule has 1 aliphatic rings. The van der Waals surface area contributed by atoms with Gasteiger partial charge in [-0.3, -0.25) is 9.59 Å². The second kappa shape index (κ2) is 7.41. The molecular weight excluding hydrogens is 370 g/mol. The lowest BCUT2D eigenvalue weighted by Crippen LogP contribution is -2.39. The monoisotopic (exact) mass is 384 g/mol. The van der Waals surface area contributed by atoms with Gasteiger partial charge in [0.25, 0.3) is 5.56 Å². The smallest absolute Gasteiger partial charge is 0.285 e. The van der Waals surface area contributed by atoms with Crippen LogP contribution in [-0.4, -0.2) is 29.2 Å². The summed E-state index contributed by atoms with van der Waals surface area (Å²) in [6.07, 6.45) is 2.71. The summed E-state index contributed by atoms with van der Waals surface area (Å²) in [4.78, 5) is 25.8. The van der Waals surface area contributed by atoms with Gasteiger partial charge < -0.3 is 10.2 Å². The van der Waals surface area contributed by atoms with Crippen LogP contribution in [0.25, 0.3) is 0 Å². The Morgan fingerprint density at radius 1 is 1.32 bits per heavy atom. The third-order valence-corrected chi connectivity index (χ3v) is 4.83. The summed E-state index contributed by atoms with van der Waals surface area (Å²) < 4.78 is 13.2. The van der Waals surface area contributed by atoms with E-state index in [-0.39, 0.29) is 21.9 Å². The topological polar surface area (TPSA) is 78.1 Å². The molecule has 0 radical (unpaired) electrons. The lowest BCUT2D eigenvalue weighted by molar-refractivity contribution is -0.120. The SMILES string of the molecule is O=C(Nc1ccc(F)c(Cl)c1)C1CCN(c2cn[nH]c(=O)c2Cl)CC1. The van der Waals surface area contributed by atoms with Gasteiger partial charge in [-0.2, -0.15) is 5.10 Å². The first-order valence-electron chi connectivity index (χ1n) is 7.69. The van der Waals surface area contributed by atoms with E-state index >= 15 is 0 Å². The normalized spacial score (nSPS) is 15.2. The third kappa shape index (κ3) is 3.93. The minimum Gasteiger partial charge on any atom is -0.369 e. The number of nitrogens with zero attached hydrogens (tertiary/aromatic N) is 2. The Balaban J connectivity index is 1.61. The van der Waals surface area contributed by atoms with E-state index in [2.05, 4.69) is 15.5 Å². The van der Waals surface area contributed by atoms with Gasteiger partial charge in [0.2, 0.25) is 5.91 Å². The van der Waals surface area contributed by atoms with Gasteiger partial charge in [0.15, 0.2) is 0 Å². The number of anilines is 2. The van der Waals surface area contributed by atoms with Crippen molar-refractivity contribution in [2.45, 2.75) is 12.8 Å². The van der Waals surface area contributed by atoms with Gasteiger partial charge in [-0.1, -0.05) is 23.2 Å². The summed E-state index contributed by atoms with van der Waals surface area (Å²) in [6, 6.07) is 4.06. The van der Waals surface area contributed by atoms with Crippen LogP contribution in [-0.2, 0) is 4.79 Å². The van der Waals surface area contributed by atoms with Crippen molar-refractivity contribution in [1.29, 1.82) is 0 Å². The number of carbonyl (C=O) groups excluding carboxylic acids is 1. The van der Waals surface area contributed by atoms with Crippen LogP contribution in [0.1, 0.15) is 12.8 Å². The third-order valence-electron chi connectivity index (χ3n) is 4.17. The minimum absolute atomic E-state index is 0.0379. The predicted octanol–water partition coefficient (Wildman–Crippen LogP) is 3.07. The van der Waals surface area contributed by atoms with E-state index in [9.17, 15) is 14.0 Å². The summed E-state index contributed by atoms with van der Waals surface area (Å²) in [5.41, 5.74) is 0.586. The van der Waals surface area contributed by atoms with Crippen molar-refractivity contribution in [3.8, 4) is 0 Å². The Morgan fingerprint density at radius 2 is 2.04 bits per heavy atom. The van der Waals surface area contributed by atoms with Crippen molar-refractivity contribution in [3.05, 3.63) is 50.6 Å². The molecule has 2 N–H and O–H groups in total. The Hall–Kier alpha value is -2.12. The van der Waals surface area contributed by atoms with E-state index in [4.69, 9.17) is 23.2 Å². The van der Waals surface area contributed by atoms with Gasteiger partial charge in [0.1, 0.15) is 10.8 Å². The first-order valence-corrected chi connectivity index (χ1v) is 8.45. The van der Waals surface area contributed by atoms with E-state index in [0.717, 1.165) is 0 Å². The predicted molar refractivity (Wildman–Crippen MR) is 94.8 cm³/mol. The van der Waals surface area contributed by atoms with Crippen molar-refractivity contribution in [1.82, 2.24) is 10.2 Å². The molecule has 2 aromatic rings. The van der Waals surface area contributed by atoms with Crippen molar-refractivity contribution in [2.75, 3.05) is 23.3 Å². The number of aromatic amines is 1. The van der Waals surface area contributed by atoms with Crippen LogP contribution in [0.15, 0.2) is 29.2 Å². The molecule has 3 rings (SSSR count). The second-order valence-corrected chi connectivity index (χ2v) is 6.56. The van der Waals surface area contributed by atoms with Gasteiger partial charge in [0.05, 0.1) is 16.9 Å². The molecule has 132 valence electrons. The number of hydrogen-bond donors (Lipinski definition) is 2. The molecule has 0 atom stereocenters. The molecule has 2 heterocycles. The highest BCUT2D eigenvalue weighted by molar-refractivity contribution is 6.33. The number of rotatable bonds is 3. The van der Waals surface area contributed by atoms with Crippen LogP contribution in [0.3, 0.4) is 0 Å². The highest BCUT2D eigenvalue weighted by Gasteiger charge is 2.26. The highest BCUT2D eigenvalue weighted by Crippen LogP contribution is 2.27. The molecule has 0 unspecified atom stereocenters. The van der Waals surface area contributed by atoms with Crippen LogP contribution in [0.5, 0.6) is 0 Å². The molecule has 1 aliphatic heterocycles. The largest absolute Gasteiger partial charge is 0.369 e. The van der Waals surface area contributed by atoms with E-state index in [1.165, 1.54) is 24.4 Å². The van der Waals surface area contributed by atoms with E-state index < -0.39 is 11.4 Å². The summed E-state index contributed by atoms with van der Waals surface area (Å²) in [7, 11) is 0. The zero-order valence-corrected chi connectivity index (χ0v) is 14.6. The molecule has 0 aliphatic carbocycles. The quantitative estimate of drug-likeness (QED) is 0.852. The molecule has 9 heteroatoms. The van der Waals surface area contributed by atoms with Gasteiger partial charge in [-0.15, -0.1) is 0 Å². The van der Waals surface area contributed by atoms with Crippen LogP contribution in [0, 0.1) is 11.7 Å². The Labute approximate surface area is 152 Å². The lowest BCUT2D eigenvalue weighted by Gasteiger charge is -2.32. The van der Waals surface area contributed by atoms with Gasteiger partial charge in [-0.05, 0) is 31.0 Å². The van der Waals surface area contributed by atoms with Crippen molar-refractivity contribution < 1.29 is 9.18 Å². The number of piperidine rings is 1. The molecule has 1 saturated heterocycles. The number of carbonyl (C=O) groups is 1. The molecule has 0 saturated carbocycles. The average molecular weight is 385 g/mol. The fourth-order valence-corrected chi connectivity index (χ4v) is 3.19. The molecular formula is C16H15Cl2FN4O2. The Kier molecular flexibility index (Phi) is 5.24. The maximum atomic E-state index is 13.2. The maximum absolute atomic E-state index is 13.2. The van der Waals surface area contributed by atoms with Crippen LogP contribution in [0.4, 0.5) is 15.8 Å². The minimum atomic E-state index is -0.531. The molecule has 25 heavy (non-hydrogen) atoms. The van der Waals surface area contributed by atoms with Crippen molar-refractivity contribution in [3.63, 3.8) is 0 Å². The summed E-state index contributed by atoms with van der Waals surface area (Å²) in [5, 5.41) is 8.85. The van der Waals surface area contributed by atoms with Gasteiger partial charge in [-0.25, -0.2) is 9.49 Å². The number of aromatic nitrogens is 2. The van der Waals surface area contributed by atoms with Crippen LogP contribution >= 0.6 is 23.2 Å². The molecule has 1 fully saturated rings. The van der Waals surface area contributed by atoms with Gasteiger partial charge >= 0.3 is 0 Å². The molecule has 0 spiro atoms. The molecule has 1 aromatic heterocycles. The fraction of sp³-hybridized carbons (Fsp3) is 0.312. The molecule has 1 amide bonds. The standard InChI is InChI=1S/C16H15Cl2FN4O2/c17-11-7-10(1-2-12(11)19)21-15(24)9-3-5-23(6-4-9)13-8-20-22-16(25)14(13)18/h1-2,7-9H,3-6H2,(H,21,24)(H,22,25). The fourth-order valence-electron chi connectivity index (χ4n) is 2.80. The highest BCUT2D eigenvalue weighted by atomic mass is 35.5. The first-order chi connectivity index (χ1) is 12.0. The number of amides is 1. The Morgan fingerprint density at radius 3 is 2.72 bits per heavy atom. The molecule has 1 aromatic carbocycles. The second-order valence-electron chi connectivity index (χ2n) is 5.78. The number of hydrogen-bond acceptors (Lipinski definition) is 4. The van der Waals surface area contributed by atoms with Crippen molar-refractivity contribution >= 4 is 40.5 Å². The number of nitrogens with one attached hydrogen (secondary N) is 2. The molecule has 0 bridgehead atoms. The van der Waals surface area contributed by atoms with Crippen LogP contribution < -0.4 is 15.8 Å². The summed E-state index contributed by atoms with van der Waals surface area (Å²) in [6.45, 7) is 1.15. The van der Waals surface area contributed by atoms with Crippen molar-refractivity contribution in [2.24, 2.45) is 5.92 Å². The van der Waals surface area contributed by atoms with E-state index in [1.807, 2.05) is 4.90 Å². The zero-order valence-electron chi connectivity index (χ0n) is 13.1. The average Bonchev–Trinajstić information content (AvgIpc) is 2.61. The van der Waals surface area contributed by atoms with E-state index in [0.29, 0.717) is 37.3 Å². The van der Waals surface area contributed by atoms with Crippen LogP contribution in [0.2, 0.25) is 10.0 Å². The zero-order chi connectivity index (χ0) is 18.0. The summed E-state index contributed by atoms with van der Waals surface area (Å²) in [5.74, 6) is -0.859. The number of benzene rings is 1. The Bertz CT molecular complexity index is 850. The van der Waals surface area contributed by atoms with E-state index in [1.54, 1.807) is 0 Å². The first kappa shape index (κ1) is 17.7. The number of halogens is 3.